The van der Waals surface area contributed by atoms with E-state index in [-0.39, 0.29) is 23.5 Å². The van der Waals surface area contributed by atoms with Crippen LogP contribution in [0.2, 0.25) is 0 Å². The summed E-state index contributed by atoms with van der Waals surface area (Å²) < 4.78 is 9.67. The fourth-order valence-corrected chi connectivity index (χ4v) is 2.35. The van der Waals surface area contributed by atoms with Gasteiger partial charge in [-0.3, -0.25) is 19.7 Å². The average Bonchev–Trinajstić information content (AvgIpc) is 2.62. The molecule has 9 nitrogen and oxygen atoms in total. The summed E-state index contributed by atoms with van der Waals surface area (Å²) in [5.74, 6) is -1.25. The fraction of sp³-hybridized carbons (Fsp3) is 0.529. The largest absolute Gasteiger partial charge is 0.490 e. The first kappa shape index (κ1) is 21.4. The molecule has 0 aromatic heterocycles. The van der Waals surface area contributed by atoms with Crippen LogP contribution < -0.4 is 4.74 Å². The molecule has 9 heteroatoms. The van der Waals surface area contributed by atoms with Crippen LogP contribution in [0.5, 0.6) is 5.75 Å². The van der Waals surface area contributed by atoms with E-state index in [9.17, 15) is 19.7 Å². The van der Waals surface area contributed by atoms with Crippen molar-refractivity contribution in [2.45, 2.75) is 6.92 Å². The predicted molar refractivity (Wildman–Crippen MR) is 95.3 cm³/mol. The molecule has 1 atom stereocenters. The first-order valence-corrected chi connectivity index (χ1v) is 8.05. The van der Waals surface area contributed by atoms with E-state index >= 15 is 0 Å². The third-order valence-electron chi connectivity index (χ3n) is 3.82. The lowest BCUT2D eigenvalue weighted by molar-refractivity contribution is -0.385. The molecule has 1 amide bonds. The van der Waals surface area contributed by atoms with Gasteiger partial charge in [0, 0.05) is 31.3 Å². The van der Waals surface area contributed by atoms with E-state index < -0.39 is 22.7 Å². The molecular formula is C17H25N3O6. The van der Waals surface area contributed by atoms with E-state index in [0.29, 0.717) is 13.1 Å². The van der Waals surface area contributed by atoms with E-state index in [0.717, 1.165) is 0 Å². The lowest BCUT2D eigenvalue weighted by atomic mass is 10.1. The second-order valence-corrected chi connectivity index (χ2v) is 6.12. The second kappa shape index (κ2) is 9.71. The molecule has 0 heterocycles. The van der Waals surface area contributed by atoms with Crippen LogP contribution >= 0.6 is 0 Å². The summed E-state index contributed by atoms with van der Waals surface area (Å²) in [7, 11) is 6.35. The van der Waals surface area contributed by atoms with E-state index in [1.54, 1.807) is 6.92 Å². The van der Waals surface area contributed by atoms with Crippen molar-refractivity contribution in [3.63, 3.8) is 0 Å². The Bertz CT molecular complexity index is 662. The van der Waals surface area contributed by atoms with Gasteiger partial charge in [0.1, 0.15) is 0 Å². The molecule has 0 aliphatic carbocycles. The molecule has 0 spiro atoms. The highest BCUT2D eigenvalue weighted by atomic mass is 16.6. The van der Waals surface area contributed by atoms with Gasteiger partial charge >= 0.3 is 11.7 Å². The van der Waals surface area contributed by atoms with Crippen molar-refractivity contribution < 1.29 is 24.0 Å². The molecule has 0 radical (unpaired) electrons. The number of hydrogen-bond acceptors (Lipinski definition) is 7. The van der Waals surface area contributed by atoms with Crippen LogP contribution in [0.4, 0.5) is 5.69 Å². The van der Waals surface area contributed by atoms with Gasteiger partial charge in [-0.05, 0) is 26.2 Å². The number of carbonyl (C=O) groups excluding carboxylic acids is 2. The summed E-state index contributed by atoms with van der Waals surface area (Å²) in [4.78, 5) is 38.5. The van der Waals surface area contributed by atoms with Gasteiger partial charge < -0.3 is 19.3 Å². The van der Waals surface area contributed by atoms with Gasteiger partial charge in [0.15, 0.2) is 5.75 Å². The van der Waals surface area contributed by atoms with E-state index in [1.807, 2.05) is 19.0 Å². The van der Waals surface area contributed by atoms with Gasteiger partial charge in [-0.15, -0.1) is 0 Å². The highest BCUT2D eigenvalue weighted by molar-refractivity contribution is 5.95. The molecule has 1 aromatic carbocycles. The number of nitro benzene ring substituents is 1. The summed E-state index contributed by atoms with van der Waals surface area (Å²) >= 11 is 0. The first-order chi connectivity index (χ1) is 12.2. The fourth-order valence-electron chi connectivity index (χ4n) is 2.35. The maximum absolute atomic E-state index is 12.9. The zero-order valence-corrected chi connectivity index (χ0v) is 15.7. The number of nitrogens with zero attached hydrogens (tertiary/aromatic N) is 3. The highest BCUT2D eigenvalue weighted by Gasteiger charge is 2.25. The second-order valence-electron chi connectivity index (χ2n) is 6.12. The quantitative estimate of drug-likeness (QED) is 0.369. The Morgan fingerprint density at radius 2 is 1.88 bits per heavy atom. The van der Waals surface area contributed by atoms with Crippen LogP contribution in [0.1, 0.15) is 17.3 Å². The number of ether oxygens (including phenoxy) is 2. The highest BCUT2D eigenvalue weighted by Crippen LogP contribution is 2.28. The molecule has 0 bridgehead atoms. The van der Waals surface area contributed by atoms with E-state index in [1.165, 1.54) is 37.3 Å². The Morgan fingerprint density at radius 1 is 1.23 bits per heavy atom. The lowest BCUT2D eigenvalue weighted by Gasteiger charge is -2.26. The van der Waals surface area contributed by atoms with Crippen LogP contribution in [0.25, 0.3) is 0 Å². The van der Waals surface area contributed by atoms with Crippen molar-refractivity contribution in [1.82, 2.24) is 9.80 Å². The van der Waals surface area contributed by atoms with E-state index in [4.69, 9.17) is 9.47 Å². The molecule has 0 aliphatic heterocycles. The SMILES string of the molecule is COC(=O)C(C)CN(CCN(C)C)C(=O)c1ccc(OC)c([N+](=O)[O-])c1. The van der Waals surface area contributed by atoms with Gasteiger partial charge in [0.25, 0.3) is 5.91 Å². The lowest BCUT2D eigenvalue weighted by Crippen LogP contribution is -2.41. The minimum Gasteiger partial charge on any atom is -0.490 e. The summed E-state index contributed by atoms with van der Waals surface area (Å²) in [6, 6.07) is 4.05. The Morgan fingerprint density at radius 3 is 2.38 bits per heavy atom. The van der Waals surface area contributed by atoms with Crippen LogP contribution in [0.15, 0.2) is 18.2 Å². The Hall–Kier alpha value is -2.68. The Labute approximate surface area is 152 Å². The summed E-state index contributed by atoms with van der Waals surface area (Å²) in [5, 5.41) is 11.2. The number of methoxy groups -OCH3 is 2. The zero-order valence-electron chi connectivity index (χ0n) is 15.7. The monoisotopic (exact) mass is 367 g/mol. The molecule has 0 N–H and O–H groups in total. The number of amides is 1. The number of nitro groups is 1. The maximum Gasteiger partial charge on any atom is 0.311 e. The number of esters is 1. The third kappa shape index (κ3) is 5.69. The molecule has 26 heavy (non-hydrogen) atoms. The third-order valence-corrected chi connectivity index (χ3v) is 3.82. The van der Waals surface area contributed by atoms with Crippen molar-refractivity contribution in [3.8, 4) is 5.75 Å². The summed E-state index contributed by atoms with van der Waals surface area (Å²) in [6.45, 7) is 2.77. The molecule has 144 valence electrons. The van der Waals surface area contributed by atoms with Crippen molar-refractivity contribution in [2.24, 2.45) is 5.92 Å². The zero-order chi connectivity index (χ0) is 19.9. The maximum atomic E-state index is 12.9. The molecule has 0 saturated heterocycles. The molecule has 0 aliphatic rings. The van der Waals surface area contributed by atoms with Gasteiger partial charge in [0.2, 0.25) is 0 Å². The topological polar surface area (TPSA) is 102 Å². The number of benzene rings is 1. The van der Waals surface area contributed by atoms with Gasteiger partial charge in [-0.25, -0.2) is 0 Å². The normalized spacial score (nSPS) is 11.8. The molecule has 0 fully saturated rings. The number of hydrogen-bond donors (Lipinski definition) is 0. The van der Waals surface area contributed by atoms with Gasteiger partial charge in [-0.2, -0.15) is 0 Å². The van der Waals surface area contributed by atoms with Crippen LogP contribution in [0, 0.1) is 16.0 Å². The minimum absolute atomic E-state index is 0.0781. The molecule has 1 aromatic rings. The number of likely N-dealkylation sites (N-methyl/N-ethyl adjacent to an activating group) is 1. The Balaban J connectivity index is 3.12. The van der Waals surface area contributed by atoms with Crippen LogP contribution in [-0.2, 0) is 9.53 Å². The standard InChI is InChI=1S/C17H25N3O6/c1-12(17(22)26-5)11-19(9-8-18(2)3)16(21)13-6-7-15(25-4)14(10-13)20(23)24/h6-7,10,12H,8-9,11H2,1-5H3. The number of rotatable bonds is 9. The molecule has 1 unspecified atom stereocenters. The van der Waals surface area contributed by atoms with E-state index in [2.05, 4.69) is 0 Å². The summed E-state index contributed by atoms with van der Waals surface area (Å²) in [5.41, 5.74) is -0.125. The molecular weight excluding hydrogens is 342 g/mol. The predicted octanol–water partition coefficient (Wildman–Crippen LogP) is 1.42. The molecule has 0 saturated carbocycles. The average molecular weight is 367 g/mol. The number of carbonyl (C=O) groups is 2. The van der Waals surface area contributed by atoms with Gasteiger partial charge in [-0.1, -0.05) is 6.92 Å². The minimum atomic E-state index is -0.600. The van der Waals surface area contributed by atoms with Crippen molar-refractivity contribution in [2.75, 3.05) is 47.9 Å². The summed E-state index contributed by atoms with van der Waals surface area (Å²) in [6.07, 6.45) is 0. The van der Waals surface area contributed by atoms with Crippen LogP contribution in [0.3, 0.4) is 0 Å². The van der Waals surface area contributed by atoms with Crippen molar-refractivity contribution in [1.29, 1.82) is 0 Å². The van der Waals surface area contributed by atoms with Crippen LogP contribution in [-0.4, -0.2) is 74.5 Å². The molecule has 1 rings (SSSR count). The van der Waals surface area contributed by atoms with Gasteiger partial charge in [0.05, 0.1) is 25.1 Å². The smallest absolute Gasteiger partial charge is 0.311 e. The Kier molecular flexibility index (Phi) is 7.98. The van der Waals surface area contributed by atoms with Crippen molar-refractivity contribution >= 4 is 17.6 Å². The first-order valence-electron chi connectivity index (χ1n) is 8.05. The van der Waals surface area contributed by atoms with Crippen molar-refractivity contribution in [3.05, 3.63) is 33.9 Å².